The standard InChI is InChI=1S/C20H25NO4/c1-15-6-8-17(9-7-15)25-12-4-5-20(22)21-14-16-13-18(23-2)10-11-19(16)24-3/h6-11,13H,4-5,12,14H2,1-3H3,(H,21,22). The molecule has 134 valence electrons. The summed E-state index contributed by atoms with van der Waals surface area (Å²) in [6.45, 7) is 2.95. The van der Waals surface area contributed by atoms with Gasteiger partial charge in [0.05, 0.1) is 20.8 Å². The van der Waals surface area contributed by atoms with Crippen LogP contribution < -0.4 is 19.5 Å². The lowest BCUT2D eigenvalue weighted by Crippen LogP contribution is -2.23. The minimum absolute atomic E-state index is 0.0163. The van der Waals surface area contributed by atoms with Crippen molar-refractivity contribution in [3.05, 3.63) is 53.6 Å². The zero-order valence-corrected chi connectivity index (χ0v) is 15.0. The molecule has 0 aliphatic carbocycles. The van der Waals surface area contributed by atoms with Crippen LogP contribution in [0.5, 0.6) is 17.2 Å². The first-order chi connectivity index (χ1) is 12.1. The van der Waals surface area contributed by atoms with Crippen molar-refractivity contribution < 1.29 is 19.0 Å². The molecule has 0 atom stereocenters. The van der Waals surface area contributed by atoms with Crippen LogP contribution in [0.15, 0.2) is 42.5 Å². The molecule has 2 aromatic rings. The summed E-state index contributed by atoms with van der Waals surface area (Å²) in [5.41, 5.74) is 2.07. The molecule has 0 spiro atoms. The molecule has 2 rings (SSSR count). The van der Waals surface area contributed by atoms with Crippen LogP contribution in [0.3, 0.4) is 0 Å². The molecule has 2 aromatic carbocycles. The Balaban J connectivity index is 1.72. The van der Waals surface area contributed by atoms with Gasteiger partial charge >= 0.3 is 0 Å². The average molecular weight is 343 g/mol. The molecule has 0 aromatic heterocycles. The summed E-state index contributed by atoms with van der Waals surface area (Å²) >= 11 is 0. The van der Waals surface area contributed by atoms with Crippen LogP contribution in [0.4, 0.5) is 0 Å². The van der Waals surface area contributed by atoms with Gasteiger partial charge in [0.2, 0.25) is 5.91 Å². The molecule has 0 radical (unpaired) electrons. The summed E-state index contributed by atoms with van der Waals surface area (Å²) in [6.07, 6.45) is 1.08. The maximum atomic E-state index is 12.0. The van der Waals surface area contributed by atoms with E-state index in [1.54, 1.807) is 14.2 Å². The molecule has 0 fully saturated rings. The van der Waals surface area contributed by atoms with Crippen molar-refractivity contribution in [2.24, 2.45) is 0 Å². The van der Waals surface area contributed by atoms with Crippen LogP contribution in [0.2, 0.25) is 0 Å². The predicted octanol–water partition coefficient (Wildman–Crippen LogP) is 3.49. The fourth-order valence-electron chi connectivity index (χ4n) is 2.36. The lowest BCUT2D eigenvalue weighted by Gasteiger charge is -2.11. The monoisotopic (exact) mass is 343 g/mol. The van der Waals surface area contributed by atoms with E-state index in [0.717, 1.165) is 22.8 Å². The fourth-order valence-corrected chi connectivity index (χ4v) is 2.36. The Bertz CT molecular complexity index is 683. The largest absolute Gasteiger partial charge is 0.497 e. The van der Waals surface area contributed by atoms with Crippen LogP contribution in [-0.2, 0) is 11.3 Å². The zero-order valence-electron chi connectivity index (χ0n) is 15.0. The number of methoxy groups -OCH3 is 2. The van der Waals surface area contributed by atoms with Crippen molar-refractivity contribution in [2.75, 3.05) is 20.8 Å². The summed E-state index contributed by atoms with van der Waals surface area (Å²) in [6, 6.07) is 13.4. The second kappa shape index (κ2) is 9.57. The molecule has 0 aliphatic rings. The Labute approximate surface area is 148 Å². The molecular weight excluding hydrogens is 318 g/mol. The SMILES string of the molecule is COc1ccc(OC)c(CNC(=O)CCCOc2ccc(C)cc2)c1. The van der Waals surface area contributed by atoms with Crippen LogP contribution in [0.25, 0.3) is 0 Å². The first-order valence-electron chi connectivity index (χ1n) is 8.29. The lowest BCUT2D eigenvalue weighted by molar-refractivity contribution is -0.121. The normalized spacial score (nSPS) is 10.2. The van der Waals surface area contributed by atoms with E-state index in [9.17, 15) is 4.79 Å². The molecular formula is C20H25NO4. The van der Waals surface area contributed by atoms with Crippen LogP contribution in [0.1, 0.15) is 24.0 Å². The number of ether oxygens (including phenoxy) is 3. The number of aryl methyl sites for hydroxylation is 1. The minimum Gasteiger partial charge on any atom is -0.497 e. The minimum atomic E-state index is -0.0163. The van der Waals surface area contributed by atoms with Gasteiger partial charge in [-0.3, -0.25) is 4.79 Å². The van der Waals surface area contributed by atoms with Crippen molar-refractivity contribution in [3.8, 4) is 17.2 Å². The maximum Gasteiger partial charge on any atom is 0.220 e. The van der Waals surface area contributed by atoms with E-state index in [0.29, 0.717) is 26.0 Å². The van der Waals surface area contributed by atoms with E-state index in [2.05, 4.69) is 5.32 Å². The summed E-state index contributed by atoms with van der Waals surface area (Å²) in [4.78, 5) is 12.0. The molecule has 0 saturated heterocycles. The Hall–Kier alpha value is -2.69. The van der Waals surface area contributed by atoms with Gasteiger partial charge in [0, 0.05) is 18.5 Å². The number of hydrogen-bond donors (Lipinski definition) is 1. The zero-order chi connectivity index (χ0) is 18.1. The Morgan fingerprint density at radius 3 is 2.40 bits per heavy atom. The smallest absolute Gasteiger partial charge is 0.220 e. The predicted molar refractivity (Wildman–Crippen MR) is 97.3 cm³/mol. The van der Waals surface area contributed by atoms with Crippen molar-refractivity contribution in [2.45, 2.75) is 26.3 Å². The number of carbonyl (C=O) groups excluding carboxylic acids is 1. The van der Waals surface area contributed by atoms with Gasteiger partial charge in [-0.05, 0) is 43.7 Å². The fraction of sp³-hybridized carbons (Fsp3) is 0.350. The summed E-state index contributed by atoms with van der Waals surface area (Å²) in [5.74, 6) is 2.27. The highest BCUT2D eigenvalue weighted by Gasteiger charge is 2.07. The van der Waals surface area contributed by atoms with Gasteiger partial charge in [0.25, 0.3) is 0 Å². The highest BCUT2D eigenvalue weighted by molar-refractivity contribution is 5.75. The van der Waals surface area contributed by atoms with Gasteiger partial charge in [0.15, 0.2) is 0 Å². The van der Waals surface area contributed by atoms with Crippen molar-refractivity contribution in [1.82, 2.24) is 5.32 Å². The van der Waals surface area contributed by atoms with Crippen molar-refractivity contribution in [1.29, 1.82) is 0 Å². The van der Waals surface area contributed by atoms with Gasteiger partial charge in [-0.1, -0.05) is 17.7 Å². The van der Waals surface area contributed by atoms with Gasteiger partial charge in [-0.15, -0.1) is 0 Å². The van der Waals surface area contributed by atoms with Crippen molar-refractivity contribution >= 4 is 5.91 Å². The molecule has 0 saturated carbocycles. The Morgan fingerprint density at radius 2 is 1.72 bits per heavy atom. The second-order valence-electron chi connectivity index (χ2n) is 5.72. The maximum absolute atomic E-state index is 12.0. The first kappa shape index (κ1) is 18.6. The van der Waals surface area contributed by atoms with Crippen molar-refractivity contribution in [3.63, 3.8) is 0 Å². The molecule has 0 heterocycles. The lowest BCUT2D eigenvalue weighted by atomic mass is 10.2. The van der Waals surface area contributed by atoms with E-state index < -0.39 is 0 Å². The summed E-state index contributed by atoms with van der Waals surface area (Å²) in [7, 11) is 3.22. The van der Waals surface area contributed by atoms with Gasteiger partial charge in [-0.2, -0.15) is 0 Å². The summed E-state index contributed by atoms with van der Waals surface area (Å²) < 4.78 is 16.1. The van der Waals surface area contributed by atoms with Gasteiger partial charge in [0.1, 0.15) is 17.2 Å². The third-order valence-corrected chi connectivity index (χ3v) is 3.80. The highest BCUT2D eigenvalue weighted by Crippen LogP contribution is 2.23. The highest BCUT2D eigenvalue weighted by atomic mass is 16.5. The quantitative estimate of drug-likeness (QED) is 0.708. The second-order valence-corrected chi connectivity index (χ2v) is 5.72. The first-order valence-corrected chi connectivity index (χ1v) is 8.29. The Morgan fingerprint density at radius 1 is 1.00 bits per heavy atom. The molecule has 0 aliphatic heterocycles. The molecule has 5 nitrogen and oxygen atoms in total. The summed E-state index contributed by atoms with van der Waals surface area (Å²) in [5, 5.41) is 2.90. The Kier molecular flexibility index (Phi) is 7.14. The number of rotatable bonds is 9. The molecule has 5 heteroatoms. The van der Waals surface area contributed by atoms with Gasteiger partial charge in [-0.25, -0.2) is 0 Å². The van der Waals surface area contributed by atoms with E-state index in [4.69, 9.17) is 14.2 Å². The molecule has 0 bridgehead atoms. The van der Waals surface area contributed by atoms with E-state index in [1.165, 1.54) is 5.56 Å². The average Bonchev–Trinajstić information content (AvgIpc) is 2.64. The molecule has 25 heavy (non-hydrogen) atoms. The third kappa shape index (κ3) is 6.03. The number of hydrogen-bond acceptors (Lipinski definition) is 4. The third-order valence-electron chi connectivity index (χ3n) is 3.80. The van der Waals surface area contributed by atoms with Crippen LogP contribution >= 0.6 is 0 Å². The van der Waals surface area contributed by atoms with E-state index in [1.807, 2.05) is 49.4 Å². The van der Waals surface area contributed by atoms with E-state index >= 15 is 0 Å². The number of nitrogens with one attached hydrogen (secondary N) is 1. The van der Waals surface area contributed by atoms with E-state index in [-0.39, 0.29) is 5.91 Å². The van der Waals surface area contributed by atoms with Gasteiger partial charge < -0.3 is 19.5 Å². The number of carbonyl (C=O) groups is 1. The number of benzene rings is 2. The molecule has 0 unspecified atom stereocenters. The molecule has 1 amide bonds. The van der Waals surface area contributed by atoms with Crippen LogP contribution in [0, 0.1) is 6.92 Å². The number of amides is 1. The van der Waals surface area contributed by atoms with Crippen LogP contribution in [-0.4, -0.2) is 26.7 Å². The topological polar surface area (TPSA) is 56.8 Å². The molecule has 1 N–H and O–H groups in total.